The lowest BCUT2D eigenvalue weighted by atomic mass is 10.1. The molecule has 23 heavy (non-hydrogen) atoms. The number of carbonyl (C=O) groups is 2. The molecule has 0 aromatic heterocycles. The van der Waals surface area contributed by atoms with Crippen LogP contribution in [-0.2, 0) is 9.59 Å². The Morgan fingerprint density at radius 2 is 2.13 bits per heavy atom. The minimum Gasteiger partial charge on any atom is -0.351 e. The van der Waals surface area contributed by atoms with Crippen LogP contribution in [0, 0.1) is 5.92 Å². The molecule has 1 saturated carbocycles. The summed E-state index contributed by atoms with van der Waals surface area (Å²) in [5.41, 5.74) is 1.28. The third-order valence-corrected chi connectivity index (χ3v) is 5.83. The Hall–Kier alpha value is -0.720. The Morgan fingerprint density at radius 3 is 2.83 bits per heavy atom. The van der Waals surface area contributed by atoms with E-state index in [9.17, 15) is 9.59 Å². The molecule has 5 nitrogen and oxygen atoms in total. The Bertz CT molecular complexity index is 466. The van der Waals surface area contributed by atoms with Gasteiger partial charge in [-0.05, 0) is 25.8 Å². The van der Waals surface area contributed by atoms with E-state index in [1.165, 1.54) is 5.57 Å². The van der Waals surface area contributed by atoms with Gasteiger partial charge in [0.1, 0.15) is 6.04 Å². The van der Waals surface area contributed by atoms with Crippen LogP contribution in [0.25, 0.3) is 0 Å². The van der Waals surface area contributed by atoms with Crippen molar-refractivity contribution in [3.8, 4) is 0 Å². The van der Waals surface area contributed by atoms with Crippen LogP contribution in [0.2, 0.25) is 0 Å². The van der Waals surface area contributed by atoms with Gasteiger partial charge in [-0.1, -0.05) is 24.5 Å². The maximum Gasteiger partial charge on any atom is 0.243 e. The van der Waals surface area contributed by atoms with E-state index in [1.807, 2.05) is 4.90 Å². The fraction of sp³-hybridized carbons (Fsp3) is 0.750. The van der Waals surface area contributed by atoms with Gasteiger partial charge in [0.2, 0.25) is 11.8 Å². The van der Waals surface area contributed by atoms with Crippen LogP contribution in [-0.4, -0.2) is 54.0 Å². The van der Waals surface area contributed by atoms with Gasteiger partial charge in [0, 0.05) is 24.8 Å². The first-order valence-electron chi connectivity index (χ1n) is 8.30. The van der Waals surface area contributed by atoms with Crippen LogP contribution < -0.4 is 10.6 Å². The minimum absolute atomic E-state index is 0. The van der Waals surface area contributed by atoms with E-state index < -0.39 is 0 Å². The van der Waals surface area contributed by atoms with Crippen LogP contribution in [0.1, 0.15) is 32.1 Å². The summed E-state index contributed by atoms with van der Waals surface area (Å²) >= 11 is 1.69. The summed E-state index contributed by atoms with van der Waals surface area (Å²) in [7, 11) is 0. The summed E-state index contributed by atoms with van der Waals surface area (Å²) in [6.07, 6.45) is 7.42. The number of amides is 2. The van der Waals surface area contributed by atoms with E-state index in [0.29, 0.717) is 12.4 Å². The number of rotatable bonds is 4. The summed E-state index contributed by atoms with van der Waals surface area (Å²) in [6.45, 7) is 2.48. The van der Waals surface area contributed by atoms with E-state index in [4.69, 9.17) is 0 Å². The molecule has 1 atom stereocenters. The molecular weight excluding hydrogens is 334 g/mol. The van der Waals surface area contributed by atoms with Crippen molar-refractivity contribution in [3.05, 3.63) is 11.6 Å². The van der Waals surface area contributed by atoms with Gasteiger partial charge in [-0.2, -0.15) is 0 Å². The van der Waals surface area contributed by atoms with Gasteiger partial charge in [-0.25, -0.2) is 0 Å². The average Bonchev–Trinajstić information content (AvgIpc) is 3.24. The molecule has 0 aromatic carbocycles. The lowest BCUT2D eigenvalue weighted by molar-refractivity contribution is -0.141. The van der Waals surface area contributed by atoms with E-state index in [2.05, 4.69) is 16.7 Å². The van der Waals surface area contributed by atoms with E-state index in [0.717, 1.165) is 50.9 Å². The molecule has 7 heteroatoms. The highest BCUT2D eigenvalue weighted by molar-refractivity contribution is 7.99. The predicted molar refractivity (Wildman–Crippen MR) is 95.7 cm³/mol. The molecule has 2 heterocycles. The second kappa shape index (κ2) is 8.94. The Kier molecular flexibility index (Phi) is 7.24. The highest BCUT2D eigenvalue weighted by Gasteiger charge is 2.38. The molecule has 2 aliphatic heterocycles. The monoisotopic (exact) mass is 359 g/mol. The zero-order valence-corrected chi connectivity index (χ0v) is 15.0. The Labute approximate surface area is 148 Å². The molecule has 0 radical (unpaired) electrons. The van der Waals surface area contributed by atoms with Gasteiger partial charge in [0.25, 0.3) is 0 Å². The molecule has 1 unspecified atom stereocenters. The lowest BCUT2D eigenvalue weighted by Gasteiger charge is -2.26. The highest BCUT2D eigenvalue weighted by atomic mass is 35.5. The van der Waals surface area contributed by atoms with Crippen LogP contribution in [0.15, 0.2) is 11.6 Å². The number of hydrogen-bond acceptors (Lipinski definition) is 4. The summed E-state index contributed by atoms with van der Waals surface area (Å²) in [5, 5.41) is 6.29. The largest absolute Gasteiger partial charge is 0.351 e. The lowest BCUT2D eigenvalue weighted by Crippen LogP contribution is -2.49. The summed E-state index contributed by atoms with van der Waals surface area (Å²) in [4.78, 5) is 26.9. The number of hydrogen-bond donors (Lipinski definition) is 2. The molecule has 2 fully saturated rings. The van der Waals surface area contributed by atoms with Gasteiger partial charge in [-0.3, -0.25) is 9.59 Å². The fourth-order valence-electron chi connectivity index (χ4n) is 3.43. The first-order chi connectivity index (χ1) is 10.8. The summed E-state index contributed by atoms with van der Waals surface area (Å²) in [6, 6.07) is -0.277. The normalized spacial score (nSPS) is 25.0. The molecule has 3 rings (SSSR count). The van der Waals surface area contributed by atoms with Gasteiger partial charge in [-0.15, -0.1) is 24.2 Å². The molecule has 1 aliphatic carbocycles. The van der Waals surface area contributed by atoms with Crippen molar-refractivity contribution in [3.63, 3.8) is 0 Å². The maximum atomic E-state index is 12.6. The number of nitrogens with one attached hydrogen (secondary N) is 2. The van der Waals surface area contributed by atoms with Crippen molar-refractivity contribution < 1.29 is 9.59 Å². The molecule has 3 aliphatic rings. The summed E-state index contributed by atoms with van der Waals surface area (Å²) < 4.78 is 0. The molecule has 2 amide bonds. The first kappa shape index (κ1) is 18.6. The van der Waals surface area contributed by atoms with Gasteiger partial charge in [0.05, 0.1) is 5.88 Å². The zero-order valence-electron chi connectivity index (χ0n) is 13.4. The molecule has 0 spiro atoms. The second-order valence-corrected chi connectivity index (χ2v) is 7.34. The van der Waals surface area contributed by atoms with E-state index in [-0.39, 0.29) is 36.2 Å². The Balaban J connectivity index is 0.00000192. The van der Waals surface area contributed by atoms with Crippen LogP contribution in [0.5, 0.6) is 0 Å². The third kappa shape index (κ3) is 4.64. The first-order valence-corrected chi connectivity index (χ1v) is 9.46. The molecule has 0 bridgehead atoms. The highest BCUT2D eigenvalue weighted by Crippen LogP contribution is 2.30. The molecular formula is C16H26ClN3O2S. The quantitative estimate of drug-likeness (QED) is 0.747. The van der Waals surface area contributed by atoms with E-state index >= 15 is 0 Å². The average molecular weight is 360 g/mol. The molecule has 0 aromatic rings. The molecule has 130 valence electrons. The molecule has 1 saturated heterocycles. The van der Waals surface area contributed by atoms with Crippen molar-refractivity contribution in [1.82, 2.24) is 15.5 Å². The number of carbonyl (C=O) groups excluding carboxylic acids is 2. The van der Waals surface area contributed by atoms with Crippen LogP contribution in [0.4, 0.5) is 0 Å². The number of thioether (sulfide) groups is 1. The Morgan fingerprint density at radius 1 is 1.35 bits per heavy atom. The standard InChI is InChI=1S/C16H25N3O2S.ClH/c20-15(18-9-12-5-7-17-8-6-12)14-10-22-11-19(14)16(21)13-3-1-2-4-13;/h5,13-14,17H,1-4,6-11H2,(H,18,20);1H. The predicted octanol–water partition coefficient (Wildman–Crippen LogP) is 1.54. The van der Waals surface area contributed by atoms with Crippen molar-refractivity contribution in [2.24, 2.45) is 5.92 Å². The maximum absolute atomic E-state index is 12.6. The smallest absolute Gasteiger partial charge is 0.243 e. The van der Waals surface area contributed by atoms with Gasteiger partial charge >= 0.3 is 0 Å². The van der Waals surface area contributed by atoms with Crippen LogP contribution >= 0.6 is 24.2 Å². The summed E-state index contributed by atoms with van der Waals surface area (Å²) in [5.74, 6) is 1.76. The van der Waals surface area contributed by atoms with Crippen molar-refractivity contribution >= 4 is 36.0 Å². The van der Waals surface area contributed by atoms with Gasteiger partial charge < -0.3 is 15.5 Å². The van der Waals surface area contributed by atoms with Crippen molar-refractivity contribution in [2.45, 2.75) is 38.1 Å². The van der Waals surface area contributed by atoms with Crippen molar-refractivity contribution in [1.29, 1.82) is 0 Å². The van der Waals surface area contributed by atoms with Crippen molar-refractivity contribution in [2.75, 3.05) is 31.3 Å². The topological polar surface area (TPSA) is 61.4 Å². The number of halogens is 1. The zero-order chi connectivity index (χ0) is 15.4. The number of nitrogens with zero attached hydrogens (tertiary/aromatic N) is 1. The van der Waals surface area contributed by atoms with Gasteiger partial charge in [0.15, 0.2) is 0 Å². The third-order valence-electron chi connectivity index (χ3n) is 4.82. The SMILES string of the molecule is Cl.O=C(NCC1=CCNCC1)C1CSCN1C(=O)C1CCCC1. The molecule has 2 N–H and O–H groups in total. The fourth-order valence-corrected chi connectivity index (χ4v) is 4.60. The van der Waals surface area contributed by atoms with E-state index in [1.54, 1.807) is 11.8 Å². The minimum atomic E-state index is -0.277. The second-order valence-electron chi connectivity index (χ2n) is 6.34. The van der Waals surface area contributed by atoms with Crippen LogP contribution in [0.3, 0.4) is 0 Å².